The van der Waals surface area contributed by atoms with Crippen LogP contribution in [0.3, 0.4) is 0 Å². The first-order valence-electron chi connectivity index (χ1n) is 6.70. The third-order valence-corrected chi connectivity index (χ3v) is 3.32. The Hall–Kier alpha value is -2.70. The zero-order chi connectivity index (χ0) is 14.8. The van der Waals surface area contributed by atoms with Crippen molar-refractivity contribution in [3.05, 3.63) is 47.9 Å². The van der Waals surface area contributed by atoms with Gasteiger partial charge < -0.3 is 9.84 Å². The van der Waals surface area contributed by atoms with Crippen LogP contribution in [-0.2, 0) is 0 Å². The van der Waals surface area contributed by atoms with E-state index in [1.807, 2.05) is 29.8 Å². The van der Waals surface area contributed by atoms with Gasteiger partial charge in [0.1, 0.15) is 11.3 Å². The van der Waals surface area contributed by atoms with E-state index in [-0.39, 0.29) is 11.9 Å². The van der Waals surface area contributed by atoms with E-state index in [9.17, 15) is 4.79 Å². The molecule has 0 spiro atoms. The van der Waals surface area contributed by atoms with Crippen molar-refractivity contribution in [2.75, 3.05) is 0 Å². The Morgan fingerprint density at radius 2 is 2.38 bits per heavy atom. The Morgan fingerprint density at radius 3 is 3.05 bits per heavy atom. The van der Waals surface area contributed by atoms with Crippen molar-refractivity contribution in [2.24, 2.45) is 0 Å². The highest BCUT2D eigenvalue weighted by Crippen LogP contribution is 2.17. The van der Waals surface area contributed by atoms with Gasteiger partial charge in [-0.2, -0.15) is 0 Å². The van der Waals surface area contributed by atoms with Crippen LogP contribution in [0.15, 0.2) is 35.4 Å². The maximum atomic E-state index is 12.2. The van der Waals surface area contributed by atoms with Crippen molar-refractivity contribution in [1.82, 2.24) is 24.8 Å². The molecule has 0 aliphatic heterocycles. The van der Waals surface area contributed by atoms with Gasteiger partial charge in [-0.3, -0.25) is 9.20 Å². The molecule has 0 bridgehead atoms. The summed E-state index contributed by atoms with van der Waals surface area (Å²) in [7, 11) is 0. The van der Waals surface area contributed by atoms with E-state index in [0.29, 0.717) is 17.1 Å². The molecule has 1 N–H and O–H groups in total. The third kappa shape index (κ3) is 2.49. The molecule has 0 fully saturated rings. The number of hydrogen-bond acceptors (Lipinski definition) is 5. The number of aryl methyl sites for hydroxylation is 1. The van der Waals surface area contributed by atoms with Crippen LogP contribution in [0.4, 0.5) is 0 Å². The number of carbonyl (C=O) groups excluding carboxylic acids is 1. The number of nitrogens with one attached hydrogen (secondary N) is 1. The molecule has 1 atom stereocenters. The first-order chi connectivity index (χ1) is 10.2. The van der Waals surface area contributed by atoms with Crippen LogP contribution in [0, 0.1) is 6.92 Å². The van der Waals surface area contributed by atoms with Gasteiger partial charge in [-0.05, 0) is 19.4 Å². The van der Waals surface area contributed by atoms with Crippen LogP contribution in [0.25, 0.3) is 5.78 Å². The zero-order valence-corrected chi connectivity index (χ0v) is 11.8. The van der Waals surface area contributed by atoms with Gasteiger partial charge in [0, 0.05) is 18.6 Å². The summed E-state index contributed by atoms with van der Waals surface area (Å²) < 4.78 is 6.74. The average Bonchev–Trinajstić information content (AvgIpc) is 3.10. The molecule has 7 nitrogen and oxygen atoms in total. The van der Waals surface area contributed by atoms with Gasteiger partial charge in [0.25, 0.3) is 5.91 Å². The molecule has 1 unspecified atom stereocenters. The predicted molar refractivity (Wildman–Crippen MR) is 74.7 cm³/mol. The molecule has 108 valence electrons. The normalized spacial score (nSPS) is 12.5. The number of imidazole rings is 1. The van der Waals surface area contributed by atoms with Crippen LogP contribution < -0.4 is 5.32 Å². The summed E-state index contributed by atoms with van der Waals surface area (Å²) in [5.74, 6) is 0.894. The molecule has 0 saturated heterocycles. The Labute approximate surface area is 121 Å². The molecular formula is C14H15N5O2. The number of aromatic nitrogens is 4. The van der Waals surface area contributed by atoms with Crippen molar-refractivity contribution in [3.63, 3.8) is 0 Å². The summed E-state index contributed by atoms with van der Waals surface area (Å²) in [6.45, 7) is 3.70. The zero-order valence-electron chi connectivity index (χ0n) is 11.8. The Balaban J connectivity index is 1.85. The summed E-state index contributed by atoms with van der Waals surface area (Å²) in [6.07, 6.45) is 7.57. The number of rotatable bonds is 4. The first-order valence-corrected chi connectivity index (χ1v) is 6.70. The van der Waals surface area contributed by atoms with E-state index in [1.165, 1.54) is 6.20 Å². The van der Waals surface area contributed by atoms with Crippen molar-refractivity contribution < 1.29 is 9.32 Å². The fourth-order valence-corrected chi connectivity index (χ4v) is 2.15. The Morgan fingerprint density at radius 1 is 1.52 bits per heavy atom. The van der Waals surface area contributed by atoms with Crippen molar-refractivity contribution in [1.29, 1.82) is 0 Å². The fourth-order valence-electron chi connectivity index (χ4n) is 2.15. The summed E-state index contributed by atoms with van der Waals surface area (Å²) in [5.41, 5.74) is 1.22. The average molecular weight is 285 g/mol. The molecule has 0 aliphatic rings. The van der Waals surface area contributed by atoms with Gasteiger partial charge in [-0.15, -0.1) is 0 Å². The number of nitrogens with zero attached hydrogens (tertiary/aromatic N) is 4. The molecular weight excluding hydrogens is 270 g/mol. The minimum absolute atomic E-state index is 0.187. The molecule has 0 saturated carbocycles. The molecule has 7 heteroatoms. The number of amides is 1. The summed E-state index contributed by atoms with van der Waals surface area (Å²) >= 11 is 0. The van der Waals surface area contributed by atoms with Crippen LogP contribution in [0.1, 0.15) is 41.2 Å². The van der Waals surface area contributed by atoms with E-state index in [4.69, 9.17) is 4.52 Å². The lowest BCUT2D eigenvalue weighted by Crippen LogP contribution is -2.28. The molecule has 21 heavy (non-hydrogen) atoms. The second-order valence-electron chi connectivity index (χ2n) is 4.72. The van der Waals surface area contributed by atoms with Crippen LogP contribution in [0.2, 0.25) is 0 Å². The second kappa shape index (κ2) is 5.35. The number of hydrogen-bond donors (Lipinski definition) is 1. The lowest BCUT2D eigenvalue weighted by atomic mass is 10.1. The van der Waals surface area contributed by atoms with Crippen LogP contribution in [-0.4, -0.2) is 25.4 Å². The lowest BCUT2D eigenvalue weighted by Gasteiger charge is -2.13. The Bertz CT molecular complexity index is 743. The number of fused-ring (bicyclic) bond motifs is 1. The maximum absolute atomic E-state index is 12.2. The highest BCUT2D eigenvalue weighted by atomic mass is 16.5. The Kier molecular flexibility index (Phi) is 3.39. The number of carbonyl (C=O) groups is 1. The summed E-state index contributed by atoms with van der Waals surface area (Å²) in [6, 6.07) is 1.65. The standard InChI is InChI=1S/C14H15N5O2/c1-3-11(17-13(20)10-7-16-21-9(10)2)12-8-19-6-4-5-15-14(19)18-12/h4-8,11H,3H2,1-2H3,(H,17,20). The smallest absolute Gasteiger partial charge is 0.257 e. The van der Waals surface area contributed by atoms with Crippen LogP contribution in [0.5, 0.6) is 0 Å². The van der Waals surface area contributed by atoms with Gasteiger partial charge in [0.05, 0.1) is 17.9 Å². The van der Waals surface area contributed by atoms with Crippen LogP contribution >= 0.6 is 0 Å². The van der Waals surface area contributed by atoms with Gasteiger partial charge in [0.15, 0.2) is 0 Å². The van der Waals surface area contributed by atoms with Crippen molar-refractivity contribution in [2.45, 2.75) is 26.3 Å². The van der Waals surface area contributed by atoms with Gasteiger partial charge in [-0.1, -0.05) is 12.1 Å². The van der Waals surface area contributed by atoms with Gasteiger partial charge in [-0.25, -0.2) is 9.97 Å². The van der Waals surface area contributed by atoms with E-state index in [1.54, 1.807) is 13.1 Å². The summed E-state index contributed by atoms with van der Waals surface area (Å²) in [4.78, 5) is 20.8. The molecule has 0 aliphatic carbocycles. The molecule has 3 rings (SSSR count). The fraction of sp³-hybridized carbons (Fsp3) is 0.286. The van der Waals surface area contributed by atoms with Crippen molar-refractivity contribution in [3.8, 4) is 0 Å². The highest BCUT2D eigenvalue weighted by Gasteiger charge is 2.20. The van der Waals surface area contributed by atoms with Gasteiger partial charge in [0.2, 0.25) is 5.78 Å². The topological polar surface area (TPSA) is 85.3 Å². The molecule has 0 aromatic carbocycles. The maximum Gasteiger partial charge on any atom is 0.257 e. The largest absolute Gasteiger partial charge is 0.361 e. The SMILES string of the molecule is CCC(NC(=O)c1cnoc1C)c1cn2cccnc2n1. The quantitative estimate of drug-likeness (QED) is 0.791. The second-order valence-corrected chi connectivity index (χ2v) is 4.72. The molecule has 3 heterocycles. The lowest BCUT2D eigenvalue weighted by molar-refractivity contribution is 0.0933. The minimum Gasteiger partial charge on any atom is -0.361 e. The van der Waals surface area contributed by atoms with Gasteiger partial charge >= 0.3 is 0 Å². The van der Waals surface area contributed by atoms with E-state index >= 15 is 0 Å². The summed E-state index contributed by atoms with van der Waals surface area (Å²) in [5, 5.41) is 6.56. The molecule has 3 aromatic rings. The highest BCUT2D eigenvalue weighted by molar-refractivity contribution is 5.94. The molecule has 3 aromatic heterocycles. The molecule has 1 amide bonds. The van der Waals surface area contributed by atoms with E-state index in [2.05, 4.69) is 20.4 Å². The predicted octanol–water partition coefficient (Wildman–Crippen LogP) is 1.91. The van der Waals surface area contributed by atoms with E-state index in [0.717, 1.165) is 12.1 Å². The minimum atomic E-state index is -0.217. The van der Waals surface area contributed by atoms with E-state index < -0.39 is 0 Å². The monoisotopic (exact) mass is 285 g/mol. The van der Waals surface area contributed by atoms with Crippen molar-refractivity contribution >= 4 is 11.7 Å². The first kappa shape index (κ1) is 13.3. The third-order valence-electron chi connectivity index (χ3n) is 3.32. The molecule has 0 radical (unpaired) electrons.